The number of aliphatic hydroxyl groups is 1. The molecule has 0 saturated carbocycles. The van der Waals surface area contributed by atoms with E-state index in [1.807, 2.05) is 30.3 Å². The summed E-state index contributed by atoms with van der Waals surface area (Å²) in [6.45, 7) is 2.82. The van der Waals surface area contributed by atoms with Gasteiger partial charge in [-0.2, -0.15) is 0 Å². The molecule has 3 rings (SSSR count). The van der Waals surface area contributed by atoms with Crippen molar-refractivity contribution in [3.05, 3.63) is 58.6 Å². The summed E-state index contributed by atoms with van der Waals surface area (Å²) >= 11 is 3.39. The molecule has 1 aliphatic heterocycles. The van der Waals surface area contributed by atoms with Crippen LogP contribution in [0.5, 0.6) is 5.75 Å². The zero-order valence-electron chi connectivity index (χ0n) is 13.9. The number of anilines is 1. The molecule has 1 aliphatic rings. The highest BCUT2D eigenvalue weighted by molar-refractivity contribution is 9.10. The Morgan fingerprint density at radius 3 is 2.64 bits per heavy atom. The number of ether oxygens (including phenoxy) is 2. The predicted octanol–water partition coefficient (Wildman–Crippen LogP) is 3.69. The molecule has 1 heterocycles. The zero-order chi connectivity index (χ0) is 16.8. The van der Waals surface area contributed by atoms with E-state index in [0.29, 0.717) is 26.4 Å². The van der Waals surface area contributed by atoms with Gasteiger partial charge in [-0.05, 0) is 42.3 Å². The quantitative estimate of drug-likeness (QED) is 0.651. The van der Waals surface area contributed by atoms with Gasteiger partial charge in [0.15, 0.2) is 0 Å². The largest absolute Gasteiger partial charge is 0.491 e. The fraction of sp³-hybridized carbons (Fsp3) is 0.368. The molecule has 0 spiro atoms. The van der Waals surface area contributed by atoms with Gasteiger partial charge in [-0.25, -0.2) is 0 Å². The summed E-state index contributed by atoms with van der Waals surface area (Å²) in [6.07, 6.45) is 0.550. The van der Waals surface area contributed by atoms with E-state index >= 15 is 0 Å². The zero-order valence-corrected chi connectivity index (χ0v) is 16.3. The van der Waals surface area contributed by atoms with Gasteiger partial charge >= 0.3 is 0 Å². The van der Waals surface area contributed by atoms with Gasteiger partial charge in [-0.1, -0.05) is 34.1 Å². The Bertz CT molecular complexity index is 653. The molecular formula is C19H23BrClNO3. The average Bonchev–Trinajstić information content (AvgIpc) is 2.99. The molecule has 2 aromatic rings. The van der Waals surface area contributed by atoms with E-state index in [1.165, 1.54) is 11.3 Å². The number of hydrogen-bond donors (Lipinski definition) is 1. The number of benzene rings is 2. The van der Waals surface area contributed by atoms with Gasteiger partial charge < -0.3 is 19.5 Å². The van der Waals surface area contributed by atoms with E-state index in [1.54, 1.807) is 0 Å². The molecule has 4 nitrogen and oxygen atoms in total. The van der Waals surface area contributed by atoms with E-state index < -0.39 is 6.10 Å². The van der Waals surface area contributed by atoms with Gasteiger partial charge in [0.2, 0.25) is 0 Å². The van der Waals surface area contributed by atoms with Crippen LogP contribution in [0, 0.1) is 0 Å². The van der Waals surface area contributed by atoms with Crippen molar-refractivity contribution >= 4 is 34.0 Å². The first-order valence-corrected chi connectivity index (χ1v) is 8.99. The van der Waals surface area contributed by atoms with Gasteiger partial charge in [0.25, 0.3) is 0 Å². The second-order valence-corrected chi connectivity index (χ2v) is 6.77. The number of β-amino-alcohol motifs (C(OH)–C–C–N with tert-alkyl or cyclic N) is 1. The Balaban J connectivity index is 0.00000225. The molecule has 0 aromatic heterocycles. The normalized spacial score (nSPS) is 13.9. The first kappa shape index (κ1) is 20.0. The molecule has 6 heteroatoms. The van der Waals surface area contributed by atoms with Crippen molar-refractivity contribution in [1.29, 1.82) is 0 Å². The maximum absolute atomic E-state index is 10.2. The van der Waals surface area contributed by atoms with Crippen molar-refractivity contribution in [2.45, 2.75) is 12.5 Å². The molecule has 0 amide bonds. The minimum Gasteiger partial charge on any atom is -0.491 e. The highest BCUT2D eigenvalue weighted by atomic mass is 79.9. The Labute approximate surface area is 163 Å². The van der Waals surface area contributed by atoms with Gasteiger partial charge in [0, 0.05) is 23.2 Å². The summed E-state index contributed by atoms with van der Waals surface area (Å²) in [6, 6.07) is 16.1. The van der Waals surface area contributed by atoms with Crippen LogP contribution in [0.2, 0.25) is 0 Å². The molecular weight excluding hydrogens is 406 g/mol. The van der Waals surface area contributed by atoms with Gasteiger partial charge in [0.1, 0.15) is 12.4 Å². The summed E-state index contributed by atoms with van der Waals surface area (Å²) in [7, 11) is 0. The van der Waals surface area contributed by atoms with Gasteiger partial charge in [-0.3, -0.25) is 0 Å². The molecule has 0 saturated heterocycles. The maximum atomic E-state index is 10.2. The molecule has 1 atom stereocenters. The number of aliphatic hydroxyl groups excluding tert-OH is 1. The van der Waals surface area contributed by atoms with Crippen LogP contribution in [0.3, 0.4) is 0 Å². The fourth-order valence-electron chi connectivity index (χ4n) is 2.87. The lowest BCUT2D eigenvalue weighted by molar-refractivity contribution is 0.0280. The molecule has 0 radical (unpaired) electrons. The minimum absolute atomic E-state index is 0. The van der Waals surface area contributed by atoms with E-state index in [0.717, 1.165) is 23.2 Å². The lowest BCUT2D eigenvalue weighted by atomic mass is 10.2. The van der Waals surface area contributed by atoms with Crippen LogP contribution >= 0.6 is 28.3 Å². The molecule has 25 heavy (non-hydrogen) atoms. The Kier molecular flexibility index (Phi) is 8.03. The van der Waals surface area contributed by atoms with Crippen molar-refractivity contribution < 1.29 is 14.6 Å². The van der Waals surface area contributed by atoms with Crippen LogP contribution in [0.15, 0.2) is 53.0 Å². The van der Waals surface area contributed by atoms with E-state index in [9.17, 15) is 5.11 Å². The summed E-state index contributed by atoms with van der Waals surface area (Å²) in [5.74, 6) is 0.816. The van der Waals surface area contributed by atoms with Crippen molar-refractivity contribution in [3.8, 4) is 5.75 Å². The van der Waals surface area contributed by atoms with Crippen LogP contribution in [0.25, 0.3) is 0 Å². The lowest BCUT2D eigenvalue weighted by Gasteiger charge is -2.22. The summed E-state index contributed by atoms with van der Waals surface area (Å²) in [4.78, 5) is 2.22. The Hall–Kier alpha value is -1.27. The molecule has 0 fully saturated rings. The molecule has 1 unspecified atom stereocenters. The number of nitrogens with zero attached hydrogens (tertiary/aromatic N) is 1. The highest BCUT2D eigenvalue weighted by Gasteiger charge is 2.20. The smallest absolute Gasteiger partial charge is 0.119 e. The Morgan fingerprint density at radius 2 is 1.84 bits per heavy atom. The molecule has 1 N–H and O–H groups in total. The SMILES string of the molecule is Cl.OC(COCCOc1ccc(Br)cc1)CN1CCc2ccccc21. The van der Waals surface area contributed by atoms with Crippen molar-refractivity contribution in [1.82, 2.24) is 0 Å². The first-order chi connectivity index (χ1) is 11.7. The van der Waals surface area contributed by atoms with Crippen molar-refractivity contribution in [3.63, 3.8) is 0 Å². The molecule has 0 aliphatic carbocycles. The van der Waals surface area contributed by atoms with Crippen LogP contribution in [0.1, 0.15) is 5.56 Å². The minimum atomic E-state index is -0.496. The molecule has 0 bridgehead atoms. The van der Waals surface area contributed by atoms with Crippen LogP contribution < -0.4 is 9.64 Å². The third kappa shape index (κ3) is 5.89. The van der Waals surface area contributed by atoms with E-state index in [2.05, 4.69) is 39.0 Å². The monoisotopic (exact) mass is 427 g/mol. The summed E-state index contributed by atoms with van der Waals surface area (Å²) < 4.78 is 12.1. The molecule has 2 aromatic carbocycles. The number of rotatable bonds is 8. The van der Waals surface area contributed by atoms with Gasteiger partial charge in [-0.15, -0.1) is 12.4 Å². The standard InChI is InChI=1S/C19H22BrNO3.ClH/c20-16-5-7-18(8-6-16)24-12-11-23-14-17(22)13-21-10-9-15-3-1-2-4-19(15)21;/h1-8,17,22H,9-14H2;1H. The lowest BCUT2D eigenvalue weighted by Crippen LogP contribution is -2.34. The van der Waals surface area contributed by atoms with Crippen molar-refractivity contribution in [2.24, 2.45) is 0 Å². The third-order valence-corrected chi connectivity index (χ3v) is 4.56. The average molecular weight is 429 g/mol. The number of fused-ring (bicyclic) bond motifs is 1. The molecule has 136 valence electrons. The van der Waals surface area contributed by atoms with E-state index in [4.69, 9.17) is 9.47 Å². The second kappa shape index (κ2) is 10.0. The van der Waals surface area contributed by atoms with Crippen LogP contribution in [0.4, 0.5) is 5.69 Å². The summed E-state index contributed by atoms with van der Waals surface area (Å²) in [5.41, 5.74) is 2.59. The number of halogens is 2. The maximum Gasteiger partial charge on any atom is 0.119 e. The third-order valence-electron chi connectivity index (χ3n) is 4.03. The topological polar surface area (TPSA) is 41.9 Å². The van der Waals surface area contributed by atoms with Crippen LogP contribution in [-0.4, -0.2) is 44.1 Å². The van der Waals surface area contributed by atoms with E-state index in [-0.39, 0.29) is 12.4 Å². The first-order valence-electron chi connectivity index (χ1n) is 8.19. The Morgan fingerprint density at radius 1 is 1.08 bits per heavy atom. The van der Waals surface area contributed by atoms with Crippen molar-refractivity contribution in [2.75, 3.05) is 37.8 Å². The number of para-hydroxylation sites is 1. The second-order valence-electron chi connectivity index (χ2n) is 5.86. The summed E-state index contributed by atoms with van der Waals surface area (Å²) in [5, 5.41) is 10.2. The highest BCUT2D eigenvalue weighted by Crippen LogP contribution is 2.27. The van der Waals surface area contributed by atoms with Gasteiger partial charge in [0.05, 0.1) is 19.3 Å². The number of hydrogen-bond acceptors (Lipinski definition) is 4. The predicted molar refractivity (Wildman–Crippen MR) is 106 cm³/mol. The van der Waals surface area contributed by atoms with Crippen LogP contribution in [-0.2, 0) is 11.2 Å². The fourth-order valence-corrected chi connectivity index (χ4v) is 3.14.